The molecule has 0 aliphatic rings. The second kappa shape index (κ2) is 7.42. The van der Waals surface area contributed by atoms with Gasteiger partial charge in [-0.1, -0.05) is 36.4 Å². The maximum absolute atomic E-state index is 12.3. The Morgan fingerprint density at radius 3 is 2.75 bits per heavy atom. The van der Waals surface area contributed by atoms with E-state index in [0.717, 1.165) is 19.3 Å². The van der Waals surface area contributed by atoms with Crippen LogP contribution in [0, 0.1) is 11.3 Å². The number of aromatic nitrogens is 2. The average molecular weight is 318 g/mol. The van der Waals surface area contributed by atoms with Gasteiger partial charge in [0, 0.05) is 6.54 Å². The topological polar surface area (TPSA) is 70.7 Å². The second-order valence-electron chi connectivity index (χ2n) is 5.57. The molecule has 1 aromatic heterocycles. The minimum absolute atomic E-state index is 0.215. The maximum atomic E-state index is 12.3. The summed E-state index contributed by atoms with van der Waals surface area (Å²) < 4.78 is 1.45. The summed E-state index contributed by atoms with van der Waals surface area (Å²) in [6, 6.07) is 17.4. The lowest BCUT2D eigenvalue weighted by Crippen LogP contribution is -2.28. The number of imidazole rings is 1. The van der Waals surface area contributed by atoms with Gasteiger partial charge < -0.3 is 5.32 Å². The van der Waals surface area contributed by atoms with Crippen molar-refractivity contribution in [2.75, 3.05) is 6.54 Å². The summed E-state index contributed by atoms with van der Waals surface area (Å²) in [5.74, 6) is 0. The van der Waals surface area contributed by atoms with Crippen LogP contribution in [0.3, 0.4) is 0 Å². The van der Waals surface area contributed by atoms with Gasteiger partial charge in [0.1, 0.15) is 17.9 Å². The molecule has 0 atom stereocenters. The van der Waals surface area contributed by atoms with Gasteiger partial charge in [0.15, 0.2) is 0 Å². The van der Waals surface area contributed by atoms with Crippen molar-refractivity contribution in [2.45, 2.75) is 19.3 Å². The third kappa shape index (κ3) is 3.44. The Morgan fingerprint density at radius 2 is 1.96 bits per heavy atom. The van der Waals surface area contributed by atoms with E-state index in [2.05, 4.69) is 28.5 Å². The van der Waals surface area contributed by atoms with Crippen molar-refractivity contribution in [2.24, 2.45) is 0 Å². The molecule has 0 unspecified atom stereocenters. The minimum atomic E-state index is -0.215. The lowest BCUT2D eigenvalue weighted by Gasteiger charge is -2.06. The van der Waals surface area contributed by atoms with Crippen LogP contribution >= 0.6 is 0 Å². The molecule has 0 spiro atoms. The van der Waals surface area contributed by atoms with Crippen LogP contribution in [0.4, 0.5) is 4.79 Å². The molecule has 1 N–H and O–H groups in total. The molecule has 3 rings (SSSR count). The van der Waals surface area contributed by atoms with Gasteiger partial charge in [0.25, 0.3) is 0 Å². The van der Waals surface area contributed by atoms with Crippen molar-refractivity contribution < 1.29 is 4.79 Å². The zero-order chi connectivity index (χ0) is 16.8. The number of carbonyl (C=O) groups excluding carboxylic acids is 1. The number of carbonyl (C=O) groups is 1. The summed E-state index contributed by atoms with van der Waals surface area (Å²) in [7, 11) is 0. The SMILES string of the molecule is N#Cc1cccc2c1ncn2C(=O)NCCCCc1ccccc1. The summed E-state index contributed by atoms with van der Waals surface area (Å²) in [5.41, 5.74) is 2.99. The van der Waals surface area contributed by atoms with Crippen LogP contribution in [0.5, 0.6) is 0 Å². The van der Waals surface area contributed by atoms with Crippen LogP contribution < -0.4 is 5.32 Å². The Hall–Kier alpha value is -3.13. The van der Waals surface area contributed by atoms with Gasteiger partial charge in [0.05, 0.1) is 11.1 Å². The number of para-hydroxylation sites is 1. The number of nitrogens with zero attached hydrogens (tertiary/aromatic N) is 3. The van der Waals surface area contributed by atoms with Gasteiger partial charge in [-0.15, -0.1) is 0 Å². The monoisotopic (exact) mass is 318 g/mol. The van der Waals surface area contributed by atoms with Crippen molar-refractivity contribution in [1.29, 1.82) is 5.26 Å². The highest BCUT2D eigenvalue weighted by molar-refractivity contribution is 5.91. The summed E-state index contributed by atoms with van der Waals surface area (Å²) >= 11 is 0. The molecule has 0 saturated heterocycles. The molecular weight excluding hydrogens is 300 g/mol. The molecule has 120 valence electrons. The van der Waals surface area contributed by atoms with Crippen molar-refractivity contribution in [3.05, 3.63) is 66.0 Å². The highest BCUT2D eigenvalue weighted by atomic mass is 16.2. The molecule has 0 radical (unpaired) electrons. The van der Waals surface area contributed by atoms with E-state index in [1.165, 1.54) is 16.5 Å². The van der Waals surface area contributed by atoms with Gasteiger partial charge in [-0.2, -0.15) is 5.26 Å². The predicted octanol–water partition coefficient (Wildman–Crippen LogP) is 3.49. The van der Waals surface area contributed by atoms with Crippen molar-refractivity contribution >= 4 is 17.1 Å². The Morgan fingerprint density at radius 1 is 1.12 bits per heavy atom. The third-order valence-corrected chi connectivity index (χ3v) is 3.93. The molecule has 0 aliphatic carbocycles. The first kappa shape index (κ1) is 15.8. The molecule has 0 bridgehead atoms. The van der Waals surface area contributed by atoms with Crippen molar-refractivity contribution in [3.8, 4) is 6.07 Å². The molecular formula is C19H18N4O. The van der Waals surface area contributed by atoms with Crippen molar-refractivity contribution in [1.82, 2.24) is 14.9 Å². The van der Waals surface area contributed by atoms with Crippen LogP contribution in [0.15, 0.2) is 54.9 Å². The van der Waals surface area contributed by atoms with Crippen molar-refractivity contribution in [3.63, 3.8) is 0 Å². The van der Waals surface area contributed by atoms with E-state index < -0.39 is 0 Å². The first-order valence-corrected chi connectivity index (χ1v) is 7.98. The number of fused-ring (bicyclic) bond motifs is 1. The largest absolute Gasteiger partial charge is 0.337 e. The number of amides is 1. The Bertz CT molecular complexity index is 877. The highest BCUT2D eigenvalue weighted by Gasteiger charge is 2.11. The fourth-order valence-electron chi connectivity index (χ4n) is 2.67. The average Bonchev–Trinajstić information content (AvgIpc) is 3.06. The number of hydrogen-bond donors (Lipinski definition) is 1. The molecule has 0 saturated carbocycles. The minimum Gasteiger partial charge on any atom is -0.337 e. The Labute approximate surface area is 140 Å². The van der Waals surface area contributed by atoms with E-state index in [9.17, 15) is 4.79 Å². The molecule has 1 amide bonds. The highest BCUT2D eigenvalue weighted by Crippen LogP contribution is 2.16. The number of nitriles is 1. The summed E-state index contributed by atoms with van der Waals surface area (Å²) in [4.78, 5) is 16.5. The van der Waals surface area contributed by atoms with Gasteiger partial charge >= 0.3 is 6.03 Å². The maximum Gasteiger partial charge on any atom is 0.327 e. The summed E-state index contributed by atoms with van der Waals surface area (Å²) in [6.07, 6.45) is 4.41. The van der Waals surface area contributed by atoms with Gasteiger partial charge in [-0.05, 0) is 37.0 Å². The molecule has 0 fully saturated rings. The number of benzene rings is 2. The summed E-state index contributed by atoms with van der Waals surface area (Å²) in [6.45, 7) is 0.614. The molecule has 1 heterocycles. The van der Waals surface area contributed by atoms with E-state index in [-0.39, 0.29) is 6.03 Å². The van der Waals surface area contributed by atoms with Gasteiger partial charge in [-0.25, -0.2) is 9.78 Å². The molecule has 2 aromatic carbocycles. The number of unbranched alkanes of at least 4 members (excludes halogenated alkanes) is 1. The zero-order valence-electron chi connectivity index (χ0n) is 13.3. The number of rotatable bonds is 5. The fraction of sp³-hybridized carbons (Fsp3) is 0.211. The molecule has 3 aromatic rings. The Kier molecular flexibility index (Phi) is 4.87. The molecule has 5 heteroatoms. The second-order valence-corrected chi connectivity index (χ2v) is 5.57. The van der Waals surface area contributed by atoms with Crippen LogP contribution in [0.25, 0.3) is 11.0 Å². The van der Waals surface area contributed by atoms with E-state index in [4.69, 9.17) is 5.26 Å². The van der Waals surface area contributed by atoms with E-state index in [1.807, 2.05) is 18.2 Å². The number of hydrogen-bond acceptors (Lipinski definition) is 3. The quantitative estimate of drug-likeness (QED) is 0.732. The first-order valence-electron chi connectivity index (χ1n) is 7.98. The van der Waals surface area contributed by atoms with Crippen LogP contribution in [0.1, 0.15) is 24.0 Å². The van der Waals surface area contributed by atoms with E-state index in [0.29, 0.717) is 23.1 Å². The van der Waals surface area contributed by atoms with Gasteiger partial charge in [0.2, 0.25) is 0 Å². The van der Waals surface area contributed by atoms with Crippen LogP contribution in [-0.4, -0.2) is 22.1 Å². The molecule has 24 heavy (non-hydrogen) atoms. The van der Waals surface area contributed by atoms with Gasteiger partial charge in [-0.3, -0.25) is 4.57 Å². The third-order valence-electron chi connectivity index (χ3n) is 3.93. The molecule has 0 aliphatic heterocycles. The smallest absolute Gasteiger partial charge is 0.327 e. The standard InChI is InChI=1S/C19H18N4O/c20-13-16-10-6-11-17-18(16)22-14-23(17)19(24)21-12-5-4-9-15-7-2-1-3-8-15/h1-3,6-8,10-11,14H,4-5,9,12H2,(H,21,24). The van der Waals surface area contributed by atoms with E-state index in [1.54, 1.807) is 18.2 Å². The fourth-order valence-corrected chi connectivity index (χ4v) is 2.67. The van der Waals surface area contributed by atoms with Crippen LogP contribution in [-0.2, 0) is 6.42 Å². The normalized spacial score (nSPS) is 10.5. The molecule has 5 nitrogen and oxygen atoms in total. The number of aryl methyl sites for hydroxylation is 1. The first-order chi connectivity index (χ1) is 11.8. The lowest BCUT2D eigenvalue weighted by atomic mass is 10.1. The predicted molar refractivity (Wildman–Crippen MR) is 92.6 cm³/mol. The van der Waals surface area contributed by atoms with Crippen LogP contribution in [0.2, 0.25) is 0 Å². The van der Waals surface area contributed by atoms with E-state index >= 15 is 0 Å². The number of nitrogens with one attached hydrogen (secondary N) is 1. The zero-order valence-corrected chi connectivity index (χ0v) is 13.3. The summed E-state index contributed by atoms with van der Waals surface area (Å²) in [5, 5.41) is 12.0. The lowest BCUT2D eigenvalue weighted by molar-refractivity contribution is 0.243. The Balaban J connectivity index is 1.53.